The van der Waals surface area contributed by atoms with Gasteiger partial charge in [0.15, 0.2) is 6.29 Å². The van der Waals surface area contributed by atoms with Crippen LogP contribution < -0.4 is 5.32 Å². The van der Waals surface area contributed by atoms with Gasteiger partial charge >= 0.3 is 5.97 Å². The topological polar surface area (TPSA) is 98.6 Å². The van der Waals surface area contributed by atoms with Crippen molar-refractivity contribution in [1.29, 1.82) is 0 Å². The van der Waals surface area contributed by atoms with Crippen molar-refractivity contribution in [2.24, 2.45) is 10.2 Å². The smallest absolute Gasteiger partial charge is 0.309 e. The average molecular weight is 462 g/mol. The van der Waals surface area contributed by atoms with E-state index in [-0.39, 0.29) is 18.3 Å². The molecule has 34 heavy (non-hydrogen) atoms. The maximum absolute atomic E-state index is 12.6. The molecule has 0 fully saturated rings. The Hall–Kier alpha value is -3.88. The molecule has 1 amide bonds. The van der Waals surface area contributed by atoms with Gasteiger partial charge in [0, 0.05) is 31.9 Å². The van der Waals surface area contributed by atoms with Crippen molar-refractivity contribution in [2.75, 3.05) is 21.3 Å². The maximum atomic E-state index is 12.6. The minimum atomic E-state index is -0.532. The van der Waals surface area contributed by atoms with Gasteiger partial charge in [0.2, 0.25) is 0 Å². The molecule has 3 aromatic carbocycles. The van der Waals surface area contributed by atoms with Crippen LogP contribution in [-0.4, -0.2) is 33.2 Å². The van der Waals surface area contributed by atoms with Gasteiger partial charge in [0.25, 0.3) is 5.91 Å². The molecule has 0 heterocycles. The predicted octanol–water partition coefficient (Wildman–Crippen LogP) is 5.04. The molecule has 0 bridgehead atoms. The second-order valence-electron chi connectivity index (χ2n) is 7.40. The van der Waals surface area contributed by atoms with E-state index in [1.54, 1.807) is 44.6 Å². The summed E-state index contributed by atoms with van der Waals surface area (Å²) in [4.78, 5) is 24.1. The normalized spacial score (nSPS) is 11.1. The fraction of sp³-hybridized carbons (Fsp3) is 0.231. The molecule has 0 unspecified atom stereocenters. The standard InChI is InChI=1S/C26H27N3O5/c1-32-24(30)15-18-7-4-11-22(13-18)28-29-23-12-5-8-19(14-23)17-27-25(31)20-9-6-10-21(16-20)26(33-2)34-3/h4-14,16,26H,15,17H2,1-3H3,(H,27,31). The summed E-state index contributed by atoms with van der Waals surface area (Å²) >= 11 is 0. The van der Waals surface area contributed by atoms with Crippen molar-refractivity contribution in [3.8, 4) is 0 Å². The summed E-state index contributed by atoms with van der Waals surface area (Å²) in [6.07, 6.45) is -0.355. The van der Waals surface area contributed by atoms with Gasteiger partial charge in [-0.1, -0.05) is 36.4 Å². The number of nitrogens with one attached hydrogen (secondary N) is 1. The van der Waals surface area contributed by atoms with Crippen LogP contribution in [0.2, 0.25) is 0 Å². The lowest BCUT2D eigenvalue weighted by molar-refractivity contribution is -0.139. The molecule has 8 nitrogen and oxygen atoms in total. The number of hydrogen-bond donors (Lipinski definition) is 1. The quantitative estimate of drug-likeness (QED) is 0.259. The van der Waals surface area contributed by atoms with Crippen LogP contribution in [0, 0.1) is 0 Å². The van der Waals surface area contributed by atoms with E-state index in [2.05, 4.69) is 15.5 Å². The van der Waals surface area contributed by atoms with Gasteiger partial charge in [-0.3, -0.25) is 9.59 Å². The van der Waals surface area contributed by atoms with E-state index >= 15 is 0 Å². The number of esters is 1. The van der Waals surface area contributed by atoms with E-state index in [0.717, 1.165) is 16.7 Å². The summed E-state index contributed by atoms with van der Waals surface area (Å²) in [5, 5.41) is 11.5. The first-order valence-corrected chi connectivity index (χ1v) is 10.6. The highest BCUT2D eigenvalue weighted by atomic mass is 16.7. The highest BCUT2D eigenvalue weighted by Gasteiger charge is 2.12. The number of ether oxygens (including phenoxy) is 3. The molecule has 0 spiro atoms. The van der Waals surface area contributed by atoms with E-state index in [1.807, 2.05) is 42.5 Å². The van der Waals surface area contributed by atoms with Crippen LogP contribution in [-0.2, 0) is 32.0 Å². The van der Waals surface area contributed by atoms with Gasteiger partial charge in [-0.15, -0.1) is 0 Å². The maximum Gasteiger partial charge on any atom is 0.309 e. The fourth-order valence-electron chi connectivity index (χ4n) is 3.29. The Morgan fingerprint density at radius 3 is 2.09 bits per heavy atom. The number of rotatable bonds is 10. The molecule has 3 rings (SSSR count). The first-order valence-electron chi connectivity index (χ1n) is 10.6. The van der Waals surface area contributed by atoms with Gasteiger partial charge in [-0.25, -0.2) is 0 Å². The van der Waals surface area contributed by atoms with Crippen molar-refractivity contribution in [2.45, 2.75) is 19.3 Å². The Kier molecular flexibility index (Phi) is 9.02. The predicted molar refractivity (Wildman–Crippen MR) is 127 cm³/mol. The van der Waals surface area contributed by atoms with Gasteiger partial charge in [-0.05, 0) is 47.5 Å². The lowest BCUT2D eigenvalue weighted by atomic mass is 10.1. The number of carbonyl (C=O) groups is 2. The highest BCUT2D eigenvalue weighted by molar-refractivity contribution is 5.94. The molecule has 8 heteroatoms. The van der Waals surface area contributed by atoms with Gasteiger partial charge in [0.1, 0.15) is 0 Å². The first-order chi connectivity index (χ1) is 16.5. The van der Waals surface area contributed by atoms with Crippen LogP contribution in [0.1, 0.15) is 33.3 Å². The van der Waals surface area contributed by atoms with Gasteiger partial charge in [-0.2, -0.15) is 10.2 Å². The fourth-order valence-corrected chi connectivity index (χ4v) is 3.29. The molecule has 0 aliphatic rings. The van der Waals surface area contributed by atoms with Gasteiger partial charge in [0.05, 0.1) is 24.9 Å². The SMILES string of the molecule is COC(=O)Cc1cccc(N=Nc2cccc(CNC(=O)c3cccc(C(OC)OC)c3)c2)c1. The minimum absolute atomic E-state index is 0.176. The van der Waals surface area contributed by atoms with Crippen LogP contribution >= 0.6 is 0 Å². The first kappa shape index (κ1) is 24.8. The van der Waals surface area contributed by atoms with Crippen LogP contribution in [0.25, 0.3) is 0 Å². The van der Waals surface area contributed by atoms with Crippen LogP contribution in [0.15, 0.2) is 83.0 Å². The third-order valence-corrected chi connectivity index (χ3v) is 4.98. The van der Waals surface area contributed by atoms with Crippen molar-refractivity contribution in [1.82, 2.24) is 5.32 Å². The zero-order valence-electron chi connectivity index (χ0n) is 19.4. The van der Waals surface area contributed by atoms with Crippen molar-refractivity contribution < 1.29 is 23.8 Å². The molecule has 0 atom stereocenters. The molecular weight excluding hydrogens is 434 g/mol. The van der Waals surface area contributed by atoms with E-state index in [1.165, 1.54) is 7.11 Å². The Morgan fingerprint density at radius 2 is 1.44 bits per heavy atom. The zero-order valence-corrected chi connectivity index (χ0v) is 19.4. The third kappa shape index (κ3) is 7.06. The molecule has 0 saturated carbocycles. The average Bonchev–Trinajstić information content (AvgIpc) is 2.87. The summed E-state index contributed by atoms with van der Waals surface area (Å²) in [5.74, 6) is -0.518. The lowest BCUT2D eigenvalue weighted by Gasteiger charge is -2.14. The zero-order chi connectivity index (χ0) is 24.3. The van der Waals surface area contributed by atoms with Gasteiger partial charge < -0.3 is 19.5 Å². The number of methoxy groups -OCH3 is 3. The number of hydrogen-bond acceptors (Lipinski definition) is 7. The summed E-state index contributed by atoms with van der Waals surface area (Å²) in [7, 11) is 4.45. The Labute approximate surface area is 198 Å². The molecule has 0 aliphatic carbocycles. The molecule has 176 valence electrons. The summed E-state index contributed by atoms with van der Waals surface area (Å²) in [6, 6.07) is 21.8. The Bertz CT molecular complexity index is 1160. The third-order valence-electron chi connectivity index (χ3n) is 4.98. The number of nitrogens with zero attached hydrogens (tertiary/aromatic N) is 2. The lowest BCUT2D eigenvalue weighted by Crippen LogP contribution is -2.23. The summed E-state index contributed by atoms with van der Waals surface area (Å²) < 4.78 is 15.2. The van der Waals surface area contributed by atoms with E-state index in [0.29, 0.717) is 23.5 Å². The second-order valence-corrected chi connectivity index (χ2v) is 7.40. The largest absolute Gasteiger partial charge is 0.469 e. The molecule has 0 aliphatic heterocycles. The number of carbonyl (C=O) groups excluding carboxylic acids is 2. The molecule has 0 aromatic heterocycles. The summed E-state index contributed by atoms with van der Waals surface area (Å²) in [6.45, 7) is 0.332. The molecular formula is C26H27N3O5. The van der Waals surface area contributed by atoms with Crippen LogP contribution in [0.4, 0.5) is 11.4 Å². The van der Waals surface area contributed by atoms with Crippen molar-refractivity contribution in [3.63, 3.8) is 0 Å². The monoisotopic (exact) mass is 461 g/mol. The molecule has 0 radical (unpaired) electrons. The second kappa shape index (κ2) is 12.4. The minimum Gasteiger partial charge on any atom is -0.469 e. The summed E-state index contributed by atoms with van der Waals surface area (Å²) in [5.41, 5.74) is 4.23. The number of azo groups is 1. The molecule has 3 aromatic rings. The van der Waals surface area contributed by atoms with E-state index in [9.17, 15) is 9.59 Å². The van der Waals surface area contributed by atoms with E-state index < -0.39 is 6.29 Å². The number of benzene rings is 3. The molecule has 0 saturated heterocycles. The Morgan fingerprint density at radius 1 is 0.824 bits per heavy atom. The van der Waals surface area contributed by atoms with Crippen LogP contribution in [0.3, 0.4) is 0 Å². The molecule has 1 N–H and O–H groups in total. The van der Waals surface area contributed by atoms with E-state index in [4.69, 9.17) is 14.2 Å². The van der Waals surface area contributed by atoms with Crippen molar-refractivity contribution in [3.05, 3.63) is 95.1 Å². The number of amides is 1. The Balaban J connectivity index is 1.63. The van der Waals surface area contributed by atoms with Crippen LogP contribution in [0.5, 0.6) is 0 Å². The van der Waals surface area contributed by atoms with Crippen molar-refractivity contribution >= 4 is 23.3 Å². The highest BCUT2D eigenvalue weighted by Crippen LogP contribution is 2.21.